The molecule has 6 nitrogen and oxygen atoms in total. The van der Waals surface area contributed by atoms with Crippen molar-refractivity contribution in [2.45, 2.75) is 6.54 Å². The number of benzene rings is 2. The first-order chi connectivity index (χ1) is 14.5. The molecule has 0 saturated heterocycles. The molecule has 9 heteroatoms. The van der Waals surface area contributed by atoms with E-state index in [2.05, 4.69) is 20.6 Å². The summed E-state index contributed by atoms with van der Waals surface area (Å²) in [5.74, 6) is -2.00. The van der Waals surface area contributed by atoms with Crippen molar-refractivity contribution in [1.29, 1.82) is 0 Å². The third-order valence-corrected chi connectivity index (χ3v) is 4.60. The lowest BCUT2D eigenvalue weighted by Gasteiger charge is -2.10. The summed E-state index contributed by atoms with van der Waals surface area (Å²) in [6.07, 6.45) is 3.18. The van der Waals surface area contributed by atoms with E-state index in [4.69, 9.17) is 11.6 Å². The fourth-order valence-electron chi connectivity index (χ4n) is 2.97. The van der Waals surface area contributed by atoms with Crippen LogP contribution in [0.15, 0.2) is 67.0 Å². The molecular formula is C21H14ClF2N5O. The summed E-state index contributed by atoms with van der Waals surface area (Å²) < 4.78 is 28.2. The monoisotopic (exact) mass is 425 g/mol. The second-order valence-electron chi connectivity index (χ2n) is 6.35. The van der Waals surface area contributed by atoms with Crippen LogP contribution in [0.1, 0.15) is 16.1 Å². The third-order valence-electron chi connectivity index (χ3n) is 4.28. The first-order valence-electron chi connectivity index (χ1n) is 8.87. The molecule has 1 N–H and O–H groups in total. The molecule has 0 aliphatic rings. The summed E-state index contributed by atoms with van der Waals surface area (Å²) >= 11 is 6.30. The number of nitrogens with one attached hydrogen (secondary N) is 1. The molecule has 150 valence electrons. The van der Waals surface area contributed by atoms with Gasteiger partial charge in [-0.05, 0) is 42.0 Å². The third kappa shape index (κ3) is 4.04. The smallest absolute Gasteiger partial charge is 0.274 e. The van der Waals surface area contributed by atoms with Crippen molar-refractivity contribution >= 4 is 17.5 Å². The molecule has 0 aliphatic carbocycles. The van der Waals surface area contributed by atoms with Crippen molar-refractivity contribution < 1.29 is 13.6 Å². The Morgan fingerprint density at radius 2 is 1.83 bits per heavy atom. The molecule has 0 atom stereocenters. The first-order valence-corrected chi connectivity index (χ1v) is 9.25. The minimum atomic E-state index is -0.722. The Bertz CT molecular complexity index is 1190. The predicted molar refractivity (Wildman–Crippen MR) is 107 cm³/mol. The van der Waals surface area contributed by atoms with Crippen LogP contribution in [-0.4, -0.2) is 25.9 Å². The Balaban J connectivity index is 1.71. The standard InChI is InChI=1S/C21H14ClF2N5O/c22-17-5-1-2-6-18(17)29-20(14-4-3-7-25-12-14)19(27-28-29)21(30)26-11-13-8-15(23)10-16(24)9-13/h1-10,12H,11H2,(H,26,30). The van der Waals surface area contributed by atoms with Gasteiger partial charge in [-0.1, -0.05) is 28.9 Å². The summed E-state index contributed by atoms with van der Waals surface area (Å²) in [6, 6.07) is 13.5. The van der Waals surface area contributed by atoms with Gasteiger partial charge < -0.3 is 5.32 Å². The molecule has 2 heterocycles. The van der Waals surface area contributed by atoms with Crippen molar-refractivity contribution in [2.24, 2.45) is 0 Å². The second kappa shape index (κ2) is 8.38. The number of pyridine rings is 1. The van der Waals surface area contributed by atoms with Crippen LogP contribution in [0.25, 0.3) is 16.9 Å². The maximum absolute atomic E-state index is 13.4. The van der Waals surface area contributed by atoms with Crippen LogP contribution < -0.4 is 5.32 Å². The van der Waals surface area contributed by atoms with Crippen molar-refractivity contribution in [3.05, 3.63) is 94.9 Å². The topological polar surface area (TPSA) is 72.7 Å². The van der Waals surface area contributed by atoms with Crippen LogP contribution in [-0.2, 0) is 6.54 Å². The van der Waals surface area contributed by atoms with Crippen LogP contribution in [0.4, 0.5) is 8.78 Å². The zero-order valence-corrected chi connectivity index (χ0v) is 16.1. The molecule has 1 amide bonds. The zero-order valence-electron chi connectivity index (χ0n) is 15.4. The second-order valence-corrected chi connectivity index (χ2v) is 6.76. The van der Waals surface area contributed by atoms with E-state index >= 15 is 0 Å². The lowest BCUT2D eigenvalue weighted by molar-refractivity contribution is 0.0946. The molecule has 0 radical (unpaired) electrons. The maximum atomic E-state index is 13.4. The minimum absolute atomic E-state index is 0.0276. The molecule has 0 unspecified atom stereocenters. The van der Waals surface area contributed by atoms with E-state index in [0.29, 0.717) is 22.0 Å². The molecule has 2 aromatic carbocycles. The van der Waals surface area contributed by atoms with Crippen LogP contribution in [0, 0.1) is 11.6 Å². The van der Waals surface area contributed by atoms with E-state index in [9.17, 15) is 13.6 Å². The summed E-state index contributed by atoms with van der Waals surface area (Å²) in [5, 5.41) is 11.2. The van der Waals surface area contributed by atoms with Gasteiger partial charge in [0.15, 0.2) is 5.69 Å². The van der Waals surface area contributed by atoms with E-state index in [1.54, 1.807) is 48.8 Å². The summed E-state index contributed by atoms with van der Waals surface area (Å²) in [5.41, 5.74) is 1.84. The highest BCUT2D eigenvalue weighted by Gasteiger charge is 2.23. The predicted octanol–water partition coefficient (Wildman–Crippen LogP) is 4.19. The Morgan fingerprint density at radius 3 is 2.53 bits per heavy atom. The van der Waals surface area contributed by atoms with Gasteiger partial charge in [0.25, 0.3) is 5.91 Å². The Labute approximate surface area is 175 Å². The Hall–Kier alpha value is -3.65. The Kier molecular flexibility index (Phi) is 5.49. The van der Waals surface area contributed by atoms with Gasteiger partial charge in [0, 0.05) is 30.6 Å². The number of para-hydroxylation sites is 1. The lowest BCUT2D eigenvalue weighted by atomic mass is 10.1. The van der Waals surface area contributed by atoms with E-state index in [1.807, 2.05) is 0 Å². The minimum Gasteiger partial charge on any atom is -0.346 e. The summed E-state index contributed by atoms with van der Waals surface area (Å²) in [6.45, 7) is -0.0844. The van der Waals surface area contributed by atoms with Gasteiger partial charge in [0.05, 0.1) is 10.7 Å². The molecule has 0 fully saturated rings. The van der Waals surface area contributed by atoms with Gasteiger partial charge in [-0.25, -0.2) is 13.5 Å². The summed E-state index contributed by atoms with van der Waals surface area (Å²) in [4.78, 5) is 16.9. The fourth-order valence-corrected chi connectivity index (χ4v) is 3.18. The highest BCUT2D eigenvalue weighted by Crippen LogP contribution is 2.28. The van der Waals surface area contributed by atoms with E-state index in [1.165, 1.54) is 4.68 Å². The molecular weight excluding hydrogens is 412 g/mol. The van der Waals surface area contributed by atoms with E-state index in [-0.39, 0.29) is 17.8 Å². The summed E-state index contributed by atoms with van der Waals surface area (Å²) in [7, 11) is 0. The van der Waals surface area contributed by atoms with Crippen molar-refractivity contribution in [1.82, 2.24) is 25.3 Å². The molecule has 0 bridgehead atoms. The van der Waals surface area contributed by atoms with Gasteiger partial charge in [-0.15, -0.1) is 5.10 Å². The van der Waals surface area contributed by atoms with Gasteiger partial charge in [0.2, 0.25) is 0 Å². The number of halogens is 3. The fraction of sp³-hybridized carbons (Fsp3) is 0.0476. The highest BCUT2D eigenvalue weighted by atomic mass is 35.5. The largest absolute Gasteiger partial charge is 0.346 e. The molecule has 0 saturated carbocycles. The van der Waals surface area contributed by atoms with Crippen LogP contribution in [0.3, 0.4) is 0 Å². The molecule has 0 aliphatic heterocycles. The van der Waals surface area contributed by atoms with Crippen molar-refractivity contribution in [3.63, 3.8) is 0 Å². The van der Waals surface area contributed by atoms with Crippen LogP contribution in [0.5, 0.6) is 0 Å². The number of aromatic nitrogens is 4. The number of nitrogens with zero attached hydrogens (tertiary/aromatic N) is 4. The average Bonchev–Trinajstić information content (AvgIpc) is 3.17. The highest BCUT2D eigenvalue weighted by molar-refractivity contribution is 6.32. The van der Waals surface area contributed by atoms with E-state index in [0.717, 1.165) is 18.2 Å². The number of carbonyl (C=O) groups is 1. The van der Waals surface area contributed by atoms with Gasteiger partial charge in [0.1, 0.15) is 17.3 Å². The number of hydrogen-bond donors (Lipinski definition) is 1. The molecule has 2 aromatic heterocycles. The number of hydrogen-bond acceptors (Lipinski definition) is 4. The van der Waals surface area contributed by atoms with Crippen LogP contribution in [0.2, 0.25) is 5.02 Å². The molecule has 4 aromatic rings. The SMILES string of the molecule is O=C(NCc1cc(F)cc(F)c1)c1nnn(-c2ccccc2Cl)c1-c1cccnc1. The average molecular weight is 426 g/mol. The number of amides is 1. The van der Waals surface area contributed by atoms with Gasteiger partial charge in [-0.3, -0.25) is 9.78 Å². The molecule has 0 spiro atoms. The quantitative estimate of drug-likeness (QED) is 0.520. The Morgan fingerprint density at radius 1 is 1.07 bits per heavy atom. The van der Waals surface area contributed by atoms with Gasteiger partial charge in [-0.2, -0.15) is 0 Å². The van der Waals surface area contributed by atoms with Crippen molar-refractivity contribution in [3.8, 4) is 16.9 Å². The first kappa shape index (κ1) is 19.7. The normalized spacial score (nSPS) is 10.8. The maximum Gasteiger partial charge on any atom is 0.274 e. The van der Waals surface area contributed by atoms with E-state index < -0.39 is 17.5 Å². The molecule has 4 rings (SSSR count). The zero-order chi connectivity index (χ0) is 21.1. The lowest BCUT2D eigenvalue weighted by Crippen LogP contribution is -2.24. The van der Waals surface area contributed by atoms with Gasteiger partial charge >= 0.3 is 0 Å². The number of carbonyl (C=O) groups excluding carboxylic acids is 1. The van der Waals surface area contributed by atoms with Crippen molar-refractivity contribution in [2.75, 3.05) is 0 Å². The number of rotatable bonds is 5. The molecule has 30 heavy (non-hydrogen) atoms. The van der Waals surface area contributed by atoms with Crippen LogP contribution >= 0.6 is 11.6 Å².